The SMILES string of the molecule is [C-]#[N+]Oc1cc(Cl)c(C(=C(Cl)Cl)c2c(Cl)c(OC#N)cc(Cl)c2O[N+]#[C-])c(OC#N)c1Cl. The lowest BCUT2D eigenvalue weighted by molar-refractivity contribution is 0.461. The Balaban J connectivity index is 3.08. The van der Waals surface area contributed by atoms with Crippen LogP contribution in [-0.4, -0.2) is 0 Å². The van der Waals surface area contributed by atoms with Crippen molar-refractivity contribution in [1.82, 2.24) is 0 Å². The molecule has 14 heteroatoms. The third kappa shape index (κ3) is 4.94. The van der Waals surface area contributed by atoms with Gasteiger partial charge in [0.2, 0.25) is 11.5 Å². The fourth-order valence-corrected chi connectivity index (χ4v) is 3.83. The van der Waals surface area contributed by atoms with Crippen molar-refractivity contribution in [2.45, 2.75) is 0 Å². The monoisotopic (exact) mass is 548 g/mol. The van der Waals surface area contributed by atoms with Crippen molar-refractivity contribution in [3.8, 4) is 35.5 Å². The van der Waals surface area contributed by atoms with Gasteiger partial charge in [-0.1, -0.05) is 69.6 Å². The molecule has 8 nitrogen and oxygen atoms in total. The van der Waals surface area contributed by atoms with E-state index in [4.69, 9.17) is 112 Å². The quantitative estimate of drug-likeness (QED) is 0.208. The van der Waals surface area contributed by atoms with Crippen molar-refractivity contribution in [2.24, 2.45) is 0 Å². The third-order valence-electron chi connectivity index (χ3n) is 3.55. The first kappa shape index (κ1) is 25.3. The second-order valence-corrected chi connectivity index (χ2v) is 7.66. The Morgan fingerprint density at radius 3 is 1.91 bits per heavy atom. The van der Waals surface area contributed by atoms with Gasteiger partial charge < -0.3 is 9.47 Å². The lowest BCUT2D eigenvalue weighted by Crippen LogP contribution is -2.02. The molecule has 0 heterocycles. The molecule has 0 saturated carbocycles. The normalized spacial score (nSPS) is 9.44. The minimum absolute atomic E-state index is 0.197. The number of nitrogens with zero attached hydrogens (tertiary/aromatic N) is 4. The van der Waals surface area contributed by atoms with Crippen molar-refractivity contribution in [3.05, 3.63) is 71.0 Å². The highest BCUT2D eigenvalue weighted by Crippen LogP contribution is 2.53. The van der Waals surface area contributed by atoms with Crippen LogP contribution in [0.5, 0.6) is 23.0 Å². The molecule has 0 spiro atoms. The van der Waals surface area contributed by atoms with Gasteiger partial charge in [-0.3, -0.25) is 0 Å². The standard InChI is InChI=1S/C18H2Cl6N4O4/c1-27-31-10-3-7(19)11(17(15(10)22)30-6-26)12(18(23)24)13-14(21)9(29-5-25)4-8(20)16(13)32-28-2/h3-4H. The molecule has 2 rings (SSSR count). The first-order valence-corrected chi connectivity index (χ1v) is 9.79. The van der Waals surface area contributed by atoms with E-state index in [0.717, 1.165) is 12.1 Å². The van der Waals surface area contributed by atoms with Crippen LogP contribution in [0.4, 0.5) is 0 Å². The second-order valence-electron chi connectivity index (χ2n) is 5.14. The maximum absolute atomic E-state index is 9.10. The fourth-order valence-electron chi connectivity index (χ4n) is 2.45. The first-order chi connectivity index (χ1) is 15.2. The smallest absolute Gasteiger partial charge is 0.292 e. The van der Waals surface area contributed by atoms with E-state index in [2.05, 4.69) is 10.0 Å². The predicted octanol–water partition coefficient (Wildman–Crippen LogP) is 7.64. The molecule has 160 valence electrons. The fraction of sp³-hybridized carbons (Fsp3) is 0. The number of ether oxygens (including phenoxy) is 2. The van der Waals surface area contributed by atoms with E-state index in [1.165, 1.54) is 12.5 Å². The van der Waals surface area contributed by atoms with Gasteiger partial charge in [-0.05, 0) is 10.0 Å². The summed E-state index contributed by atoms with van der Waals surface area (Å²) in [6.07, 6.45) is 2.84. The van der Waals surface area contributed by atoms with E-state index in [-0.39, 0.29) is 54.0 Å². The summed E-state index contributed by atoms with van der Waals surface area (Å²) in [6, 6.07) is 2.24. The molecule has 0 aromatic heterocycles. The number of nitriles is 2. The molecule has 0 saturated heterocycles. The summed E-state index contributed by atoms with van der Waals surface area (Å²) in [5, 5.41) is 22.5. The summed E-state index contributed by atoms with van der Waals surface area (Å²) in [5.74, 6) is -1.23. The van der Waals surface area contributed by atoms with E-state index in [0.29, 0.717) is 0 Å². The summed E-state index contributed by atoms with van der Waals surface area (Å²) in [4.78, 5) is 9.60. The molecule has 0 bridgehead atoms. The topological polar surface area (TPSA) is 93.2 Å². The highest BCUT2D eigenvalue weighted by molar-refractivity contribution is 6.59. The summed E-state index contributed by atoms with van der Waals surface area (Å²) in [6.45, 7) is 13.9. The highest BCUT2D eigenvalue weighted by atomic mass is 35.5. The van der Waals surface area contributed by atoms with Crippen molar-refractivity contribution in [2.75, 3.05) is 0 Å². The van der Waals surface area contributed by atoms with Crippen molar-refractivity contribution < 1.29 is 19.1 Å². The molecule has 32 heavy (non-hydrogen) atoms. The van der Waals surface area contributed by atoms with Gasteiger partial charge >= 0.3 is 0 Å². The molecule has 0 unspecified atom stereocenters. The number of halogens is 6. The zero-order chi connectivity index (χ0) is 24.0. The van der Waals surface area contributed by atoms with E-state index in [9.17, 15) is 0 Å². The highest BCUT2D eigenvalue weighted by Gasteiger charge is 2.32. The Kier molecular flexibility index (Phi) is 8.79. The molecule has 0 aliphatic rings. The van der Waals surface area contributed by atoms with Crippen LogP contribution >= 0.6 is 69.6 Å². The van der Waals surface area contributed by atoms with Crippen LogP contribution in [-0.2, 0) is 0 Å². The molecular weight excluding hydrogens is 549 g/mol. The van der Waals surface area contributed by atoms with Crippen LogP contribution in [0, 0.1) is 36.2 Å². The minimum atomic E-state index is -0.508. The molecule has 0 N–H and O–H groups in total. The van der Waals surface area contributed by atoms with Gasteiger partial charge in [-0.2, -0.15) is 22.8 Å². The molecule has 2 aromatic carbocycles. The largest absolute Gasteiger partial charge is 0.386 e. The van der Waals surface area contributed by atoms with Gasteiger partial charge in [0, 0.05) is 23.3 Å². The third-order valence-corrected chi connectivity index (χ3v) is 5.24. The molecule has 0 radical (unpaired) electrons. The van der Waals surface area contributed by atoms with Crippen LogP contribution in [0.1, 0.15) is 11.1 Å². The average Bonchev–Trinajstić information content (AvgIpc) is 2.73. The van der Waals surface area contributed by atoms with E-state index >= 15 is 0 Å². The van der Waals surface area contributed by atoms with Crippen LogP contribution in [0.2, 0.25) is 20.1 Å². The van der Waals surface area contributed by atoms with Crippen LogP contribution in [0.25, 0.3) is 15.6 Å². The van der Waals surface area contributed by atoms with Gasteiger partial charge in [0.1, 0.15) is 9.51 Å². The minimum Gasteiger partial charge on any atom is -0.386 e. The van der Waals surface area contributed by atoms with E-state index in [1.54, 1.807) is 0 Å². The Morgan fingerprint density at radius 2 is 1.38 bits per heavy atom. The number of hydrogen-bond donors (Lipinski definition) is 0. The molecule has 2 aromatic rings. The zero-order valence-electron chi connectivity index (χ0n) is 14.8. The Morgan fingerprint density at radius 1 is 0.781 bits per heavy atom. The summed E-state index contributed by atoms with van der Waals surface area (Å²) in [5.41, 5.74) is -0.689. The lowest BCUT2D eigenvalue weighted by atomic mass is 9.96. The molecule has 0 fully saturated rings. The summed E-state index contributed by atoms with van der Waals surface area (Å²) < 4.78 is 9.21. The second kappa shape index (κ2) is 11.1. The van der Waals surface area contributed by atoms with Crippen molar-refractivity contribution in [3.63, 3.8) is 0 Å². The maximum atomic E-state index is 9.10. The summed E-state index contributed by atoms with van der Waals surface area (Å²) >= 11 is 37.4. The predicted molar refractivity (Wildman–Crippen MR) is 118 cm³/mol. The maximum Gasteiger partial charge on any atom is 0.292 e. The molecular formula is C18H2Cl6N4O4. The Labute approximate surface area is 210 Å². The van der Waals surface area contributed by atoms with Gasteiger partial charge in [0.15, 0.2) is 11.5 Å². The van der Waals surface area contributed by atoms with Gasteiger partial charge in [0.05, 0.1) is 20.6 Å². The molecule has 0 amide bonds. The first-order valence-electron chi connectivity index (χ1n) is 7.52. The van der Waals surface area contributed by atoms with Gasteiger partial charge in [0.25, 0.3) is 12.5 Å². The average molecular weight is 551 g/mol. The number of hydrogen-bond acceptors (Lipinski definition) is 6. The summed E-state index contributed by atoms with van der Waals surface area (Å²) in [7, 11) is 0. The van der Waals surface area contributed by atoms with Crippen LogP contribution in [0.3, 0.4) is 0 Å². The van der Waals surface area contributed by atoms with Crippen LogP contribution in [0.15, 0.2) is 16.6 Å². The van der Waals surface area contributed by atoms with Crippen molar-refractivity contribution >= 4 is 75.2 Å². The van der Waals surface area contributed by atoms with Gasteiger partial charge in [-0.15, -0.1) is 10.5 Å². The lowest BCUT2D eigenvalue weighted by Gasteiger charge is -2.18. The Bertz CT molecular complexity index is 1300. The van der Waals surface area contributed by atoms with E-state index in [1.807, 2.05) is 0 Å². The number of rotatable bonds is 6. The molecule has 0 aliphatic heterocycles. The number of benzene rings is 2. The molecule has 0 atom stereocenters. The van der Waals surface area contributed by atoms with Crippen LogP contribution < -0.4 is 19.1 Å². The molecule has 0 aliphatic carbocycles. The Hall–Kier alpha value is -2.92. The van der Waals surface area contributed by atoms with Crippen molar-refractivity contribution in [1.29, 1.82) is 10.5 Å². The van der Waals surface area contributed by atoms with E-state index < -0.39 is 10.2 Å². The zero-order valence-corrected chi connectivity index (χ0v) is 19.4. The van der Waals surface area contributed by atoms with Gasteiger partial charge in [-0.25, -0.2) is 0 Å².